The lowest BCUT2D eigenvalue weighted by molar-refractivity contribution is 0.481. The first-order valence-corrected chi connectivity index (χ1v) is 7.98. The van der Waals surface area contributed by atoms with Crippen molar-refractivity contribution in [2.24, 2.45) is 5.10 Å². The van der Waals surface area contributed by atoms with Gasteiger partial charge in [0.15, 0.2) is 0 Å². The molecular formula is C18H13N3OS. The number of para-hydroxylation sites is 1. The SMILES string of the molecule is Oc1ccc(C=NNc2nc3ccccc3s2)c2ccccc12. The summed E-state index contributed by atoms with van der Waals surface area (Å²) in [6, 6.07) is 19.2. The monoisotopic (exact) mass is 319 g/mol. The lowest BCUT2D eigenvalue weighted by Crippen LogP contribution is -1.91. The van der Waals surface area contributed by atoms with Crippen molar-refractivity contribution < 1.29 is 5.11 Å². The molecule has 0 bridgehead atoms. The molecule has 0 aliphatic heterocycles. The number of rotatable bonds is 3. The van der Waals surface area contributed by atoms with Gasteiger partial charge in [-0.05, 0) is 29.7 Å². The van der Waals surface area contributed by atoms with E-state index in [1.807, 2.05) is 54.6 Å². The number of benzene rings is 3. The standard InChI is InChI=1S/C18H13N3OS/c22-16-10-9-12(13-5-1-2-6-14(13)16)11-19-21-18-20-15-7-3-4-8-17(15)23-18/h1-11,22H,(H,20,21). The highest BCUT2D eigenvalue weighted by atomic mass is 32.1. The van der Waals surface area contributed by atoms with Crippen LogP contribution in [0.5, 0.6) is 5.75 Å². The van der Waals surface area contributed by atoms with E-state index in [2.05, 4.69) is 15.5 Å². The molecule has 0 fully saturated rings. The summed E-state index contributed by atoms with van der Waals surface area (Å²) in [5, 5.41) is 16.7. The molecule has 0 aliphatic rings. The first kappa shape index (κ1) is 13.7. The number of anilines is 1. The highest BCUT2D eigenvalue weighted by Crippen LogP contribution is 2.27. The summed E-state index contributed by atoms with van der Waals surface area (Å²) >= 11 is 1.56. The maximum Gasteiger partial charge on any atom is 0.204 e. The van der Waals surface area contributed by atoms with E-state index >= 15 is 0 Å². The first-order chi connectivity index (χ1) is 11.3. The normalized spacial score (nSPS) is 11.5. The minimum atomic E-state index is 0.275. The Kier molecular flexibility index (Phi) is 3.40. The molecule has 4 nitrogen and oxygen atoms in total. The van der Waals surface area contributed by atoms with Gasteiger partial charge in [0.2, 0.25) is 5.13 Å². The van der Waals surface area contributed by atoms with Crippen LogP contribution in [-0.2, 0) is 0 Å². The van der Waals surface area contributed by atoms with Crippen molar-refractivity contribution in [2.75, 3.05) is 5.43 Å². The fourth-order valence-electron chi connectivity index (χ4n) is 2.50. The molecule has 0 aliphatic carbocycles. The van der Waals surface area contributed by atoms with Gasteiger partial charge >= 0.3 is 0 Å². The minimum Gasteiger partial charge on any atom is -0.507 e. The average Bonchev–Trinajstić information content (AvgIpc) is 3.00. The maximum absolute atomic E-state index is 9.91. The van der Waals surface area contributed by atoms with Crippen LogP contribution in [0.3, 0.4) is 0 Å². The quantitative estimate of drug-likeness (QED) is 0.428. The van der Waals surface area contributed by atoms with Crippen LogP contribution in [0, 0.1) is 0 Å². The molecule has 112 valence electrons. The second-order valence-electron chi connectivity index (χ2n) is 5.08. The number of hydrogen-bond donors (Lipinski definition) is 2. The number of fused-ring (bicyclic) bond motifs is 2. The van der Waals surface area contributed by atoms with E-state index in [1.165, 1.54) is 0 Å². The fraction of sp³-hybridized carbons (Fsp3) is 0. The van der Waals surface area contributed by atoms with Crippen molar-refractivity contribution in [3.63, 3.8) is 0 Å². The van der Waals surface area contributed by atoms with Crippen LogP contribution >= 0.6 is 11.3 Å². The molecule has 0 saturated carbocycles. The van der Waals surface area contributed by atoms with Gasteiger partial charge in [0.05, 0.1) is 16.4 Å². The summed E-state index contributed by atoms with van der Waals surface area (Å²) in [7, 11) is 0. The molecule has 3 aromatic carbocycles. The molecule has 0 spiro atoms. The number of aromatic nitrogens is 1. The zero-order valence-corrected chi connectivity index (χ0v) is 12.9. The third-order valence-corrected chi connectivity index (χ3v) is 4.53. The molecule has 0 atom stereocenters. The van der Waals surface area contributed by atoms with Gasteiger partial charge in [0.25, 0.3) is 0 Å². The van der Waals surface area contributed by atoms with E-state index in [0.717, 1.165) is 31.7 Å². The summed E-state index contributed by atoms with van der Waals surface area (Å²) in [5.74, 6) is 0.275. The number of hydrogen-bond acceptors (Lipinski definition) is 5. The second-order valence-corrected chi connectivity index (χ2v) is 6.11. The van der Waals surface area contributed by atoms with Crippen molar-refractivity contribution in [3.8, 4) is 5.75 Å². The van der Waals surface area contributed by atoms with E-state index in [1.54, 1.807) is 23.6 Å². The van der Waals surface area contributed by atoms with Crippen LogP contribution in [0.1, 0.15) is 5.56 Å². The number of nitrogens with one attached hydrogen (secondary N) is 1. The van der Waals surface area contributed by atoms with Crippen LogP contribution < -0.4 is 5.43 Å². The Morgan fingerprint density at radius 2 is 1.74 bits per heavy atom. The lowest BCUT2D eigenvalue weighted by atomic mass is 10.0. The smallest absolute Gasteiger partial charge is 0.204 e. The Morgan fingerprint density at radius 3 is 2.61 bits per heavy atom. The van der Waals surface area contributed by atoms with E-state index < -0.39 is 0 Å². The zero-order valence-electron chi connectivity index (χ0n) is 12.1. The number of phenols is 1. The highest BCUT2D eigenvalue weighted by molar-refractivity contribution is 7.22. The van der Waals surface area contributed by atoms with Crippen molar-refractivity contribution in [3.05, 3.63) is 66.2 Å². The summed E-state index contributed by atoms with van der Waals surface area (Å²) in [4.78, 5) is 4.47. The van der Waals surface area contributed by atoms with Gasteiger partial charge in [0.1, 0.15) is 5.75 Å². The summed E-state index contributed by atoms with van der Waals surface area (Å²) in [6.07, 6.45) is 1.74. The third-order valence-electron chi connectivity index (χ3n) is 3.59. The lowest BCUT2D eigenvalue weighted by Gasteiger charge is -2.03. The van der Waals surface area contributed by atoms with Crippen LogP contribution in [0.25, 0.3) is 21.0 Å². The summed E-state index contributed by atoms with van der Waals surface area (Å²) < 4.78 is 1.13. The Balaban J connectivity index is 1.63. The zero-order chi connectivity index (χ0) is 15.6. The molecular weight excluding hydrogens is 306 g/mol. The van der Waals surface area contributed by atoms with Crippen molar-refractivity contribution >= 4 is 43.7 Å². The number of phenolic OH excluding ortho intramolecular Hbond substituents is 1. The van der Waals surface area contributed by atoms with Gasteiger partial charge in [-0.2, -0.15) is 5.10 Å². The predicted molar refractivity (Wildman–Crippen MR) is 96.4 cm³/mol. The molecule has 0 unspecified atom stereocenters. The van der Waals surface area contributed by atoms with Crippen LogP contribution in [0.2, 0.25) is 0 Å². The topological polar surface area (TPSA) is 57.5 Å². The molecule has 0 saturated heterocycles. The largest absolute Gasteiger partial charge is 0.507 e. The number of nitrogens with zero attached hydrogens (tertiary/aromatic N) is 2. The maximum atomic E-state index is 9.91. The Hall–Kier alpha value is -2.92. The van der Waals surface area contributed by atoms with Gasteiger partial charge in [-0.1, -0.05) is 47.7 Å². The van der Waals surface area contributed by atoms with Crippen LogP contribution in [0.15, 0.2) is 65.8 Å². The fourth-order valence-corrected chi connectivity index (χ4v) is 3.31. The van der Waals surface area contributed by atoms with E-state index in [-0.39, 0.29) is 5.75 Å². The first-order valence-electron chi connectivity index (χ1n) is 7.16. The average molecular weight is 319 g/mol. The molecule has 4 rings (SSSR count). The van der Waals surface area contributed by atoms with Crippen molar-refractivity contribution in [1.29, 1.82) is 0 Å². The van der Waals surface area contributed by atoms with Crippen LogP contribution in [-0.4, -0.2) is 16.3 Å². The molecule has 1 aromatic heterocycles. The van der Waals surface area contributed by atoms with E-state index in [4.69, 9.17) is 0 Å². The third kappa shape index (κ3) is 2.62. The van der Waals surface area contributed by atoms with Gasteiger partial charge in [-0.3, -0.25) is 5.43 Å². The highest BCUT2D eigenvalue weighted by Gasteiger charge is 2.03. The van der Waals surface area contributed by atoms with E-state index in [0.29, 0.717) is 0 Å². The minimum absolute atomic E-state index is 0.275. The molecule has 0 amide bonds. The molecule has 23 heavy (non-hydrogen) atoms. The van der Waals surface area contributed by atoms with Gasteiger partial charge < -0.3 is 5.11 Å². The number of aromatic hydroxyl groups is 1. The molecule has 0 radical (unpaired) electrons. The molecule has 2 N–H and O–H groups in total. The Morgan fingerprint density at radius 1 is 0.957 bits per heavy atom. The van der Waals surface area contributed by atoms with Crippen LogP contribution in [0.4, 0.5) is 5.13 Å². The molecule has 1 heterocycles. The van der Waals surface area contributed by atoms with Gasteiger partial charge in [0, 0.05) is 10.9 Å². The van der Waals surface area contributed by atoms with E-state index in [9.17, 15) is 5.11 Å². The Labute approximate surface area is 136 Å². The van der Waals surface area contributed by atoms with Gasteiger partial charge in [-0.25, -0.2) is 4.98 Å². The molecule has 5 heteroatoms. The number of thiazole rings is 1. The summed E-state index contributed by atoms with van der Waals surface area (Å²) in [6.45, 7) is 0. The van der Waals surface area contributed by atoms with Gasteiger partial charge in [-0.15, -0.1) is 0 Å². The second kappa shape index (κ2) is 5.70. The molecule has 4 aromatic rings. The number of hydrazone groups is 1. The Bertz CT molecular complexity index is 990. The van der Waals surface area contributed by atoms with Crippen molar-refractivity contribution in [1.82, 2.24) is 4.98 Å². The van der Waals surface area contributed by atoms with Crippen molar-refractivity contribution in [2.45, 2.75) is 0 Å². The predicted octanol–water partition coefficient (Wildman–Crippen LogP) is 4.60. The summed E-state index contributed by atoms with van der Waals surface area (Å²) in [5.41, 5.74) is 4.88.